The van der Waals surface area contributed by atoms with Gasteiger partial charge in [-0.05, 0) is 25.1 Å². The van der Waals surface area contributed by atoms with E-state index in [2.05, 4.69) is 4.98 Å². The van der Waals surface area contributed by atoms with Gasteiger partial charge in [-0.25, -0.2) is 9.78 Å². The fraction of sp³-hybridized carbons (Fsp3) is 0.200. The third kappa shape index (κ3) is 1.70. The van der Waals surface area contributed by atoms with Crippen molar-refractivity contribution >= 4 is 17.1 Å². The number of aromatic nitrogens is 1. The van der Waals surface area contributed by atoms with E-state index in [0.29, 0.717) is 16.5 Å². The van der Waals surface area contributed by atoms with Crippen molar-refractivity contribution in [1.29, 1.82) is 0 Å². The highest BCUT2D eigenvalue weighted by molar-refractivity contribution is 5.74. The molecular weight excluding hydrogens is 210 g/mol. The van der Waals surface area contributed by atoms with Crippen LogP contribution in [0.4, 0.5) is 4.79 Å². The van der Waals surface area contributed by atoms with Crippen LogP contribution < -0.4 is 5.73 Å². The van der Waals surface area contributed by atoms with Crippen LogP contribution in [0, 0.1) is 0 Å². The molecule has 0 aliphatic carbocycles. The van der Waals surface area contributed by atoms with Crippen LogP contribution in [-0.2, 0) is 0 Å². The van der Waals surface area contributed by atoms with E-state index in [-0.39, 0.29) is 0 Å². The lowest BCUT2D eigenvalue weighted by molar-refractivity contribution is -0.0759. The molecule has 0 radical (unpaired) electrons. The maximum atomic E-state index is 10.8. The fourth-order valence-electron chi connectivity index (χ4n) is 1.41. The molecule has 0 bridgehead atoms. The van der Waals surface area contributed by atoms with E-state index in [4.69, 9.17) is 10.2 Å². The molecule has 2 aromatic heterocycles. The minimum absolute atomic E-state index is 0.414. The molecule has 0 aliphatic rings. The number of fused-ring (bicyclic) bond motifs is 1. The number of pyridine rings is 1. The van der Waals surface area contributed by atoms with E-state index in [1.807, 2.05) is 6.07 Å². The second-order valence-electron chi connectivity index (χ2n) is 3.41. The molecule has 2 amide bonds. The zero-order valence-electron chi connectivity index (χ0n) is 8.62. The number of hydroxylamine groups is 2. The number of amides is 2. The smallest absolute Gasteiger partial charge is 0.339 e. The summed E-state index contributed by atoms with van der Waals surface area (Å²) in [4.78, 5) is 14.8. The molecule has 6 nitrogen and oxygen atoms in total. The number of urea groups is 1. The number of nitrogens with zero attached hydrogens (tertiary/aromatic N) is 2. The number of carbonyl (C=O) groups excluding carboxylic acids is 1. The molecular formula is C10H11N3O3. The lowest BCUT2D eigenvalue weighted by Gasteiger charge is -2.17. The summed E-state index contributed by atoms with van der Waals surface area (Å²) < 4.78 is 5.38. The summed E-state index contributed by atoms with van der Waals surface area (Å²) in [7, 11) is 0. The molecule has 3 N–H and O–H groups in total. The van der Waals surface area contributed by atoms with Crippen molar-refractivity contribution < 1.29 is 14.4 Å². The third-order valence-electron chi connectivity index (χ3n) is 2.32. The van der Waals surface area contributed by atoms with Gasteiger partial charge in [0.15, 0.2) is 0 Å². The van der Waals surface area contributed by atoms with Gasteiger partial charge in [0.25, 0.3) is 0 Å². The minimum atomic E-state index is -0.930. The van der Waals surface area contributed by atoms with E-state index < -0.39 is 12.1 Å². The average Bonchev–Trinajstić information content (AvgIpc) is 2.70. The predicted octanol–water partition coefficient (Wildman–Crippen LogP) is 1.66. The van der Waals surface area contributed by atoms with Gasteiger partial charge in [-0.2, -0.15) is 5.06 Å². The Morgan fingerprint density at radius 1 is 1.69 bits per heavy atom. The molecule has 1 unspecified atom stereocenters. The van der Waals surface area contributed by atoms with Crippen molar-refractivity contribution in [2.75, 3.05) is 0 Å². The zero-order chi connectivity index (χ0) is 11.7. The monoisotopic (exact) mass is 221 g/mol. The van der Waals surface area contributed by atoms with E-state index in [0.717, 1.165) is 5.39 Å². The highest BCUT2D eigenvalue weighted by Gasteiger charge is 2.20. The summed E-state index contributed by atoms with van der Waals surface area (Å²) >= 11 is 0. The first kappa shape index (κ1) is 10.4. The Balaban J connectivity index is 2.36. The summed E-state index contributed by atoms with van der Waals surface area (Å²) in [5.74, 6) is 0.426. The summed E-state index contributed by atoms with van der Waals surface area (Å²) in [6.45, 7) is 1.60. The number of hydrogen-bond acceptors (Lipinski definition) is 4. The lowest BCUT2D eigenvalue weighted by atomic mass is 10.2. The molecule has 0 fully saturated rings. The summed E-state index contributed by atoms with van der Waals surface area (Å²) in [6.07, 6.45) is 1.60. The van der Waals surface area contributed by atoms with E-state index in [1.54, 1.807) is 25.3 Å². The number of furan rings is 1. The average molecular weight is 221 g/mol. The van der Waals surface area contributed by atoms with Crippen LogP contribution in [0.1, 0.15) is 18.7 Å². The first-order chi connectivity index (χ1) is 7.59. The molecule has 2 heterocycles. The molecule has 0 saturated carbocycles. The summed E-state index contributed by atoms with van der Waals surface area (Å²) in [5, 5.41) is 10.6. The van der Waals surface area contributed by atoms with Crippen LogP contribution in [0.25, 0.3) is 11.1 Å². The summed E-state index contributed by atoms with van der Waals surface area (Å²) in [6, 6.07) is 3.73. The largest absolute Gasteiger partial charge is 0.440 e. The molecule has 0 saturated heterocycles. The Kier molecular flexibility index (Phi) is 2.49. The van der Waals surface area contributed by atoms with Crippen molar-refractivity contribution in [3.63, 3.8) is 0 Å². The highest BCUT2D eigenvalue weighted by Crippen LogP contribution is 2.24. The number of carbonyl (C=O) groups is 1. The molecule has 0 aromatic carbocycles. The maximum absolute atomic E-state index is 10.8. The van der Waals surface area contributed by atoms with Crippen LogP contribution in [0.5, 0.6) is 0 Å². The van der Waals surface area contributed by atoms with Crippen molar-refractivity contribution in [3.05, 3.63) is 30.2 Å². The SMILES string of the molecule is CC(c1cc2cccnc2o1)N(O)C(N)=O. The van der Waals surface area contributed by atoms with Crippen molar-refractivity contribution in [2.24, 2.45) is 5.73 Å². The van der Waals surface area contributed by atoms with Gasteiger partial charge in [0.1, 0.15) is 11.8 Å². The minimum Gasteiger partial charge on any atom is -0.440 e. The van der Waals surface area contributed by atoms with Crippen molar-refractivity contribution in [1.82, 2.24) is 10.0 Å². The highest BCUT2D eigenvalue weighted by atomic mass is 16.5. The standard InChI is InChI=1S/C10H11N3O3/c1-6(13(15)10(11)14)8-5-7-3-2-4-12-9(7)16-8/h2-6,15H,1H3,(H2,11,14). The first-order valence-corrected chi connectivity index (χ1v) is 4.71. The second-order valence-corrected chi connectivity index (χ2v) is 3.41. The van der Waals surface area contributed by atoms with Crippen LogP contribution in [0.15, 0.2) is 28.8 Å². The van der Waals surface area contributed by atoms with Crippen LogP contribution in [0.2, 0.25) is 0 Å². The molecule has 16 heavy (non-hydrogen) atoms. The fourth-order valence-corrected chi connectivity index (χ4v) is 1.41. The van der Waals surface area contributed by atoms with Crippen LogP contribution >= 0.6 is 0 Å². The van der Waals surface area contributed by atoms with Gasteiger partial charge in [0.2, 0.25) is 5.71 Å². The maximum Gasteiger partial charge on any atom is 0.339 e. The lowest BCUT2D eigenvalue weighted by Crippen LogP contribution is -2.34. The van der Waals surface area contributed by atoms with Gasteiger partial charge in [-0.1, -0.05) is 0 Å². The number of nitrogens with two attached hydrogens (primary N) is 1. The first-order valence-electron chi connectivity index (χ1n) is 4.71. The third-order valence-corrected chi connectivity index (χ3v) is 2.32. The molecule has 2 rings (SSSR count). The topological polar surface area (TPSA) is 92.6 Å². The Morgan fingerprint density at radius 3 is 3.06 bits per heavy atom. The van der Waals surface area contributed by atoms with E-state index in [9.17, 15) is 10.0 Å². The van der Waals surface area contributed by atoms with Gasteiger partial charge < -0.3 is 10.2 Å². The van der Waals surface area contributed by atoms with Crippen LogP contribution in [-0.4, -0.2) is 21.3 Å². The van der Waals surface area contributed by atoms with E-state index >= 15 is 0 Å². The summed E-state index contributed by atoms with van der Waals surface area (Å²) in [5.41, 5.74) is 5.41. The van der Waals surface area contributed by atoms with Gasteiger partial charge in [0.05, 0.1) is 0 Å². The normalized spacial score (nSPS) is 12.6. The molecule has 84 valence electrons. The van der Waals surface area contributed by atoms with Gasteiger partial charge in [0, 0.05) is 11.6 Å². The predicted molar refractivity (Wildman–Crippen MR) is 55.6 cm³/mol. The molecule has 6 heteroatoms. The molecule has 0 spiro atoms. The van der Waals surface area contributed by atoms with Gasteiger partial charge in [-0.15, -0.1) is 0 Å². The number of primary amides is 1. The van der Waals surface area contributed by atoms with Gasteiger partial charge in [-0.3, -0.25) is 5.21 Å². The quantitative estimate of drug-likeness (QED) is 0.595. The van der Waals surface area contributed by atoms with Crippen LogP contribution in [0.3, 0.4) is 0 Å². The van der Waals surface area contributed by atoms with Gasteiger partial charge >= 0.3 is 6.03 Å². The van der Waals surface area contributed by atoms with E-state index in [1.165, 1.54) is 0 Å². The Bertz CT molecular complexity index is 490. The number of rotatable bonds is 2. The van der Waals surface area contributed by atoms with Crippen molar-refractivity contribution in [2.45, 2.75) is 13.0 Å². The Morgan fingerprint density at radius 2 is 2.44 bits per heavy atom. The second kappa shape index (κ2) is 3.82. The Labute approximate surface area is 91.2 Å². The molecule has 1 atom stereocenters. The number of hydrogen-bond donors (Lipinski definition) is 2. The molecule has 2 aromatic rings. The Hall–Kier alpha value is -2.08. The van der Waals surface area contributed by atoms with Crippen molar-refractivity contribution in [3.8, 4) is 0 Å². The molecule has 0 aliphatic heterocycles. The zero-order valence-corrected chi connectivity index (χ0v) is 8.62.